The van der Waals surface area contributed by atoms with Gasteiger partial charge >= 0.3 is 0 Å². The van der Waals surface area contributed by atoms with Gasteiger partial charge in [-0.2, -0.15) is 0 Å². The van der Waals surface area contributed by atoms with Crippen LogP contribution in [0.2, 0.25) is 0 Å². The lowest BCUT2D eigenvalue weighted by Gasteiger charge is -2.23. The molecule has 0 bridgehead atoms. The molecule has 1 saturated carbocycles. The van der Waals surface area contributed by atoms with Gasteiger partial charge in [0.1, 0.15) is 0 Å². The van der Waals surface area contributed by atoms with Gasteiger partial charge in [-0.3, -0.25) is 10.1 Å². The number of amides is 1. The summed E-state index contributed by atoms with van der Waals surface area (Å²) in [4.78, 5) is 13.4. The Labute approximate surface area is 135 Å². The third kappa shape index (κ3) is 3.76. The second kappa shape index (κ2) is 6.63. The van der Waals surface area contributed by atoms with Crippen molar-refractivity contribution in [3.05, 3.63) is 57.8 Å². The van der Waals surface area contributed by atoms with Crippen LogP contribution in [-0.4, -0.2) is 18.0 Å². The zero-order valence-corrected chi connectivity index (χ0v) is 13.8. The maximum atomic E-state index is 12.2. The second-order valence-electron chi connectivity index (χ2n) is 6.03. The van der Waals surface area contributed by atoms with Gasteiger partial charge in [0.25, 0.3) is 0 Å². The second-order valence-corrected chi connectivity index (χ2v) is 7.01. The predicted molar refractivity (Wildman–Crippen MR) is 91.1 cm³/mol. The fourth-order valence-corrected chi connectivity index (χ4v) is 3.25. The molecule has 1 aromatic carbocycles. The van der Waals surface area contributed by atoms with E-state index in [0.29, 0.717) is 6.04 Å². The van der Waals surface area contributed by atoms with Crippen LogP contribution < -0.4 is 10.6 Å². The minimum Gasteiger partial charge on any atom is -0.352 e. The predicted octanol–water partition coefficient (Wildman–Crippen LogP) is 3.40. The Morgan fingerprint density at radius 1 is 1.23 bits per heavy atom. The number of hydrogen-bond acceptors (Lipinski definition) is 3. The van der Waals surface area contributed by atoms with E-state index >= 15 is 0 Å². The fourth-order valence-electron chi connectivity index (χ4n) is 2.44. The summed E-state index contributed by atoms with van der Waals surface area (Å²) < 4.78 is 0. The topological polar surface area (TPSA) is 41.1 Å². The lowest BCUT2D eigenvalue weighted by molar-refractivity contribution is -0.123. The molecular formula is C18H22N2OS. The highest BCUT2D eigenvalue weighted by molar-refractivity contribution is 7.10. The Bertz CT molecular complexity index is 617. The number of carbonyl (C=O) groups excluding carboxylic acids is 1. The van der Waals surface area contributed by atoms with Gasteiger partial charge in [-0.1, -0.05) is 35.9 Å². The number of hydrogen-bond donors (Lipinski definition) is 2. The van der Waals surface area contributed by atoms with Crippen LogP contribution in [0.3, 0.4) is 0 Å². The van der Waals surface area contributed by atoms with Crippen molar-refractivity contribution >= 4 is 17.2 Å². The van der Waals surface area contributed by atoms with Gasteiger partial charge in [-0.15, -0.1) is 11.3 Å². The number of nitrogens with one attached hydrogen (secondary N) is 2. The third-order valence-corrected chi connectivity index (χ3v) is 4.91. The number of thiophene rings is 1. The molecule has 1 aliphatic carbocycles. The van der Waals surface area contributed by atoms with Gasteiger partial charge in [0.2, 0.25) is 5.91 Å². The van der Waals surface area contributed by atoms with E-state index in [0.717, 1.165) is 12.8 Å². The molecule has 0 radical (unpaired) electrons. The molecular weight excluding hydrogens is 292 g/mol. The molecule has 0 unspecified atom stereocenters. The van der Waals surface area contributed by atoms with Gasteiger partial charge in [0.15, 0.2) is 0 Å². The Balaban J connectivity index is 1.76. The van der Waals surface area contributed by atoms with E-state index in [9.17, 15) is 4.79 Å². The molecule has 3 rings (SSSR count). The molecule has 2 atom stereocenters. The minimum atomic E-state index is -0.214. The van der Waals surface area contributed by atoms with Crippen molar-refractivity contribution in [3.63, 3.8) is 0 Å². The monoisotopic (exact) mass is 314 g/mol. The van der Waals surface area contributed by atoms with Crippen LogP contribution in [0.25, 0.3) is 0 Å². The number of rotatable bonds is 6. The summed E-state index contributed by atoms with van der Waals surface area (Å²) in [6.45, 7) is 4.02. The largest absolute Gasteiger partial charge is 0.352 e. The zero-order valence-electron chi connectivity index (χ0n) is 13.0. The average molecular weight is 314 g/mol. The fraction of sp³-hybridized carbons (Fsp3) is 0.389. The van der Waals surface area contributed by atoms with Crippen LogP contribution in [0, 0.1) is 6.92 Å². The summed E-state index contributed by atoms with van der Waals surface area (Å²) in [5.41, 5.74) is 2.44. The maximum absolute atomic E-state index is 12.2. The van der Waals surface area contributed by atoms with E-state index in [-0.39, 0.29) is 18.0 Å². The molecule has 0 saturated heterocycles. The molecule has 0 aliphatic heterocycles. The number of carbonyl (C=O) groups is 1. The SMILES string of the molecule is Cc1ccc([C@@H](N[C@H](C)C(=O)NC2CC2)c2cccs2)cc1. The number of aryl methyl sites for hydroxylation is 1. The Hall–Kier alpha value is -1.65. The summed E-state index contributed by atoms with van der Waals surface area (Å²) in [5.74, 6) is 0.0937. The van der Waals surface area contributed by atoms with Crippen molar-refractivity contribution in [2.75, 3.05) is 0 Å². The summed E-state index contributed by atoms with van der Waals surface area (Å²) in [6, 6.07) is 12.9. The molecule has 2 N–H and O–H groups in total. The Morgan fingerprint density at radius 2 is 1.95 bits per heavy atom. The normalized spacial score (nSPS) is 17.0. The minimum absolute atomic E-state index is 0.0561. The molecule has 1 aliphatic rings. The quantitative estimate of drug-likeness (QED) is 0.858. The van der Waals surface area contributed by atoms with Crippen LogP contribution in [-0.2, 0) is 4.79 Å². The highest BCUT2D eigenvalue weighted by Crippen LogP contribution is 2.27. The summed E-state index contributed by atoms with van der Waals surface area (Å²) in [7, 11) is 0. The van der Waals surface area contributed by atoms with Crippen LogP contribution in [0.1, 0.15) is 41.8 Å². The molecule has 1 amide bonds. The molecule has 1 fully saturated rings. The van der Waals surface area contributed by atoms with Gasteiger partial charge in [-0.05, 0) is 43.7 Å². The van der Waals surface area contributed by atoms with Gasteiger partial charge in [-0.25, -0.2) is 0 Å². The first-order valence-corrected chi connectivity index (χ1v) is 8.68. The van der Waals surface area contributed by atoms with E-state index in [4.69, 9.17) is 0 Å². The van der Waals surface area contributed by atoms with E-state index in [1.807, 2.05) is 6.92 Å². The van der Waals surface area contributed by atoms with Gasteiger partial charge < -0.3 is 5.32 Å². The van der Waals surface area contributed by atoms with Crippen molar-refractivity contribution < 1.29 is 4.79 Å². The van der Waals surface area contributed by atoms with Crippen molar-refractivity contribution in [1.29, 1.82) is 0 Å². The standard InChI is InChI=1S/C18H22N2OS/c1-12-5-7-14(8-6-12)17(16-4-3-11-22-16)19-13(2)18(21)20-15-9-10-15/h3-8,11,13,15,17,19H,9-10H2,1-2H3,(H,20,21)/t13-,17-/m1/s1. The first kappa shape index (κ1) is 15.3. The highest BCUT2D eigenvalue weighted by atomic mass is 32.1. The van der Waals surface area contributed by atoms with Crippen LogP contribution in [0.15, 0.2) is 41.8 Å². The van der Waals surface area contributed by atoms with E-state index in [2.05, 4.69) is 59.3 Å². The first-order valence-electron chi connectivity index (χ1n) is 7.80. The Kier molecular flexibility index (Phi) is 4.60. The van der Waals surface area contributed by atoms with E-state index in [1.54, 1.807) is 11.3 Å². The van der Waals surface area contributed by atoms with Gasteiger partial charge in [0, 0.05) is 10.9 Å². The summed E-state index contributed by atoms with van der Waals surface area (Å²) >= 11 is 1.72. The molecule has 1 aromatic heterocycles. The molecule has 2 aromatic rings. The average Bonchev–Trinajstić information content (AvgIpc) is 3.16. The lowest BCUT2D eigenvalue weighted by Crippen LogP contribution is -2.44. The van der Waals surface area contributed by atoms with Crippen molar-refractivity contribution in [2.45, 2.75) is 44.8 Å². The molecule has 22 heavy (non-hydrogen) atoms. The lowest BCUT2D eigenvalue weighted by atomic mass is 10.0. The zero-order chi connectivity index (χ0) is 15.5. The third-order valence-electron chi connectivity index (χ3n) is 3.97. The molecule has 3 nitrogen and oxygen atoms in total. The van der Waals surface area contributed by atoms with E-state index < -0.39 is 0 Å². The van der Waals surface area contributed by atoms with E-state index in [1.165, 1.54) is 16.0 Å². The highest BCUT2D eigenvalue weighted by Gasteiger charge is 2.27. The van der Waals surface area contributed by atoms with Crippen molar-refractivity contribution in [2.24, 2.45) is 0 Å². The Morgan fingerprint density at radius 3 is 2.55 bits per heavy atom. The molecule has 116 valence electrons. The molecule has 4 heteroatoms. The molecule has 0 spiro atoms. The number of benzene rings is 1. The van der Waals surface area contributed by atoms with Crippen LogP contribution in [0.4, 0.5) is 0 Å². The molecule has 1 heterocycles. The van der Waals surface area contributed by atoms with Crippen molar-refractivity contribution in [1.82, 2.24) is 10.6 Å². The van der Waals surface area contributed by atoms with Gasteiger partial charge in [0.05, 0.1) is 12.1 Å². The summed E-state index contributed by atoms with van der Waals surface area (Å²) in [6.07, 6.45) is 2.23. The maximum Gasteiger partial charge on any atom is 0.237 e. The smallest absolute Gasteiger partial charge is 0.237 e. The van der Waals surface area contributed by atoms with Crippen molar-refractivity contribution in [3.8, 4) is 0 Å². The first-order chi connectivity index (χ1) is 10.6. The summed E-state index contributed by atoms with van der Waals surface area (Å²) in [5, 5.41) is 8.63. The van der Waals surface area contributed by atoms with Crippen LogP contribution in [0.5, 0.6) is 0 Å². The van der Waals surface area contributed by atoms with Crippen LogP contribution >= 0.6 is 11.3 Å².